The topological polar surface area (TPSA) is 32.7 Å². The summed E-state index contributed by atoms with van der Waals surface area (Å²) in [6.45, 7) is 5.80. The van der Waals surface area contributed by atoms with Crippen molar-refractivity contribution in [2.24, 2.45) is 4.99 Å². The van der Waals surface area contributed by atoms with E-state index in [1.165, 1.54) is 16.7 Å². The molecule has 0 saturated carbocycles. The third kappa shape index (κ3) is 2.68. The van der Waals surface area contributed by atoms with E-state index < -0.39 is 0 Å². The molecule has 0 radical (unpaired) electrons. The van der Waals surface area contributed by atoms with Crippen LogP contribution in [0.4, 0.5) is 0 Å². The van der Waals surface area contributed by atoms with Gasteiger partial charge in [-0.05, 0) is 38.0 Å². The summed E-state index contributed by atoms with van der Waals surface area (Å²) in [5, 5.41) is 0. The lowest BCUT2D eigenvalue weighted by atomic mass is 9.95. The number of aryl methyl sites for hydroxylation is 1. The maximum atomic E-state index is 11.7. The molecule has 2 unspecified atom stereocenters. The molecule has 1 aromatic carbocycles. The molecule has 0 spiro atoms. The predicted octanol–water partition coefficient (Wildman–Crippen LogP) is 3.57. The molecule has 0 amide bonds. The molecule has 2 heterocycles. The fraction of sp³-hybridized carbons (Fsp3) is 0.333. The number of benzene rings is 1. The molecule has 0 aliphatic carbocycles. The van der Waals surface area contributed by atoms with Gasteiger partial charge >= 0.3 is 0 Å². The Balaban J connectivity index is 1.98. The Bertz CT molecular complexity index is 652. The number of nitrogens with zero attached hydrogens (tertiary/aromatic N) is 2. The zero-order valence-electron chi connectivity index (χ0n) is 12.7. The third-order valence-corrected chi connectivity index (χ3v) is 4.01. The second kappa shape index (κ2) is 5.32. The van der Waals surface area contributed by atoms with E-state index in [4.69, 9.17) is 4.99 Å². The molecule has 2 aliphatic rings. The van der Waals surface area contributed by atoms with Crippen molar-refractivity contribution in [2.75, 3.05) is 0 Å². The van der Waals surface area contributed by atoms with Crippen molar-refractivity contribution < 1.29 is 4.79 Å². The van der Waals surface area contributed by atoms with Gasteiger partial charge in [-0.3, -0.25) is 9.79 Å². The predicted molar refractivity (Wildman–Crippen MR) is 85.2 cm³/mol. The lowest BCUT2D eigenvalue weighted by molar-refractivity contribution is -0.117. The smallest absolute Gasteiger partial charge is 0.132 e. The molecule has 0 aromatic heterocycles. The Labute approximate surface area is 125 Å². The number of carbonyl (C=O) groups is 1. The number of hydrogen-bond donors (Lipinski definition) is 0. The Morgan fingerprint density at radius 3 is 2.57 bits per heavy atom. The normalized spacial score (nSPS) is 23.7. The first-order valence-corrected chi connectivity index (χ1v) is 7.33. The average molecular weight is 280 g/mol. The van der Waals surface area contributed by atoms with Crippen molar-refractivity contribution in [3.8, 4) is 0 Å². The van der Waals surface area contributed by atoms with Gasteiger partial charge in [-0.25, -0.2) is 0 Å². The summed E-state index contributed by atoms with van der Waals surface area (Å²) in [7, 11) is 0. The van der Waals surface area contributed by atoms with Gasteiger partial charge in [0.25, 0.3) is 0 Å². The number of amidine groups is 1. The number of Topliss-reactive ketones (excluding diaryl/α,β-unsaturated/α-hetero) is 1. The lowest BCUT2D eigenvalue weighted by Gasteiger charge is -2.28. The van der Waals surface area contributed by atoms with Crippen LogP contribution in [-0.4, -0.2) is 22.6 Å². The molecule has 0 bridgehead atoms. The van der Waals surface area contributed by atoms with Crippen LogP contribution in [0, 0.1) is 6.92 Å². The highest BCUT2D eigenvalue weighted by atomic mass is 16.1. The van der Waals surface area contributed by atoms with Crippen molar-refractivity contribution in [2.45, 2.75) is 39.3 Å². The first kappa shape index (κ1) is 13.8. The molecule has 108 valence electrons. The van der Waals surface area contributed by atoms with Gasteiger partial charge < -0.3 is 4.90 Å². The Morgan fingerprint density at radius 1 is 1.19 bits per heavy atom. The van der Waals surface area contributed by atoms with Crippen LogP contribution in [0.25, 0.3) is 0 Å². The molecule has 3 rings (SSSR count). The van der Waals surface area contributed by atoms with Crippen LogP contribution in [0.1, 0.15) is 37.4 Å². The molecule has 2 atom stereocenters. The molecule has 1 aromatic rings. The second-order valence-electron chi connectivity index (χ2n) is 5.93. The maximum Gasteiger partial charge on any atom is 0.132 e. The lowest BCUT2D eigenvalue weighted by Crippen LogP contribution is -2.35. The monoisotopic (exact) mass is 280 g/mol. The summed E-state index contributed by atoms with van der Waals surface area (Å²) >= 11 is 0. The van der Waals surface area contributed by atoms with Crippen molar-refractivity contribution in [1.29, 1.82) is 0 Å². The molecule has 0 N–H and O–H groups in total. The molecule has 0 fully saturated rings. The Hall–Kier alpha value is -2.16. The number of rotatable bonds is 3. The Kier molecular flexibility index (Phi) is 3.50. The highest BCUT2D eigenvalue weighted by molar-refractivity contribution is 5.97. The molecular formula is C18H20N2O. The number of aliphatic imine (C=N–C) groups is 1. The standard InChI is InChI=1S/C18H20N2O/c1-12-4-7-15(8-5-12)18-16(10-14(3)21)20-11-13(2)6-9-17(20)19-18/h4-9,11,16,18H,10H2,1-3H3. The van der Waals surface area contributed by atoms with Gasteiger partial charge in [-0.1, -0.05) is 35.9 Å². The third-order valence-electron chi connectivity index (χ3n) is 4.01. The van der Waals surface area contributed by atoms with Gasteiger partial charge in [0.05, 0.1) is 12.1 Å². The van der Waals surface area contributed by atoms with Crippen LogP contribution in [0.2, 0.25) is 0 Å². The van der Waals surface area contributed by atoms with E-state index in [9.17, 15) is 4.79 Å². The van der Waals surface area contributed by atoms with Crippen LogP contribution in [0.15, 0.2) is 53.2 Å². The van der Waals surface area contributed by atoms with Gasteiger partial charge in [-0.15, -0.1) is 0 Å². The van der Waals surface area contributed by atoms with E-state index in [2.05, 4.69) is 55.3 Å². The fourth-order valence-corrected chi connectivity index (χ4v) is 2.94. The van der Waals surface area contributed by atoms with Crippen molar-refractivity contribution in [3.05, 3.63) is 59.3 Å². The number of hydrogen-bond acceptors (Lipinski definition) is 3. The van der Waals surface area contributed by atoms with Gasteiger partial charge in [0.2, 0.25) is 0 Å². The van der Waals surface area contributed by atoms with E-state index in [1.807, 2.05) is 6.08 Å². The summed E-state index contributed by atoms with van der Waals surface area (Å²) in [5.74, 6) is 1.16. The summed E-state index contributed by atoms with van der Waals surface area (Å²) in [5.41, 5.74) is 3.60. The van der Waals surface area contributed by atoms with Crippen LogP contribution in [0.3, 0.4) is 0 Å². The first-order valence-electron chi connectivity index (χ1n) is 7.33. The highest BCUT2D eigenvalue weighted by Crippen LogP contribution is 2.35. The zero-order chi connectivity index (χ0) is 15.0. The van der Waals surface area contributed by atoms with E-state index in [0.717, 1.165) is 5.84 Å². The quantitative estimate of drug-likeness (QED) is 0.848. The SMILES string of the molecule is CC(=O)CC1C(c2ccc(C)cc2)N=C2C=CC(C)=CN21. The van der Waals surface area contributed by atoms with E-state index in [-0.39, 0.29) is 17.9 Å². The van der Waals surface area contributed by atoms with Crippen LogP contribution < -0.4 is 0 Å². The molecule has 0 saturated heterocycles. The van der Waals surface area contributed by atoms with Crippen molar-refractivity contribution in [1.82, 2.24) is 4.90 Å². The highest BCUT2D eigenvalue weighted by Gasteiger charge is 2.36. The summed E-state index contributed by atoms with van der Waals surface area (Å²) in [6.07, 6.45) is 6.72. The fourth-order valence-electron chi connectivity index (χ4n) is 2.94. The molecular weight excluding hydrogens is 260 g/mol. The van der Waals surface area contributed by atoms with Crippen molar-refractivity contribution in [3.63, 3.8) is 0 Å². The van der Waals surface area contributed by atoms with E-state index >= 15 is 0 Å². The largest absolute Gasteiger partial charge is 0.327 e. The molecule has 21 heavy (non-hydrogen) atoms. The summed E-state index contributed by atoms with van der Waals surface area (Å²) in [6, 6.07) is 8.56. The van der Waals surface area contributed by atoms with Crippen LogP contribution in [-0.2, 0) is 4.79 Å². The molecule has 2 aliphatic heterocycles. The van der Waals surface area contributed by atoms with Gasteiger partial charge in [0, 0.05) is 12.6 Å². The van der Waals surface area contributed by atoms with Crippen molar-refractivity contribution >= 4 is 11.6 Å². The minimum Gasteiger partial charge on any atom is -0.327 e. The zero-order valence-corrected chi connectivity index (χ0v) is 12.7. The van der Waals surface area contributed by atoms with Crippen LogP contribution in [0.5, 0.6) is 0 Å². The number of ketones is 1. The Morgan fingerprint density at radius 2 is 1.90 bits per heavy atom. The van der Waals surface area contributed by atoms with Gasteiger partial charge in [0.15, 0.2) is 0 Å². The van der Waals surface area contributed by atoms with Gasteiger partial charge in [-0.2, -0.15) is 0 Å². The van der Waals surface area contributed by atoms with Crippen LogP contribution >= 0.6 is 0 Å². The van der Waals surface area contributed by atoms with E-state index in [1.54, 1.807) is 6.92 Å². The molecule has 3 heteroatoms. The number of allylic oxidation sites excluding steroid dienone is 2. The average Bonchev–Trinajstić information content (AvgIpc) is 2.77. The van der Waals surface area contributed by atoms with Gasteiger partial charge in [0.1, 0.15) is 11.6 Å². The first-order chi connectivity index (χ1) is 10.0. The maximum absolute atomic E-state index is 11.7. The van der Waals surface area contributed by atoms with E-state index in [0.29, 0.717) is 6.42 Å². The summed E-state index contributed by atoms with van der Waals surface area (Å²) < 4.78 is 0. The second-order valence-corrected chi connectivity index (χ2v) is 5.93. The minimum absolute atomic E-state index is 0.0244. The summed E-state index contributed by atoms with van der Waals surface area (Å²) in [4.78, 5) is 18.7. The molecule has 3 nitrogen and oxygen atoms in total. The minimum atomic E-state index is 0.0244. The number of fused-ring (bicyclic) bond motifs is 1. The number of carbonyl (C=O) groups excluding carboxylic acids is 1.